The first-order valence-electron chi connectivity index (χ1n) is 11.1. The number of likely N-dealkylation sites (tertiary alicyclic amines) is 1. The Morgan fingerprint density at radius 3 is 2.53 bits per heavy atom. The van der Waals surface area contributed by atoms with E-state index in [1.165, 1.54) is 30.0 Å². The summed E-state index contributed by atoms with van der Waals surface area (Å²) >= 11 is 1.76. The first-order valence-corrected chi connectivity index (χ1v) is 11.9. The van der Waals surface area contributed by atoms with Crippen LogP contribution in [0, 0.1) is 11.8 Å². The summed E-state index contributed by atoms with van der Waals surface area (Å²) in [4.78, 5) is 10.2. The van der Waals surface area contributed by atoms with E-state index in [9.17, 15) is 5.11 Å². The van der Waals surface area contributed by atoms with Crippen LogP contribution in [0.15, 0.2) is 42.5 Å². The molecule has 0 bridgehead atoms. The van der Waals surface area contributed by atoms with E-state index in [0.29, 0.717) is 6.04 Å². The molecule has 160 valence electrons. The topological polar surface area (TPSA) is 30.0 Å². The fourth-order valence-electron chi connectivity index (χ4n) is 4.42. The molecule has 0 aliphatic carbocycles. The van der Waals surface area contributed by atoms with Crippen molar-refractivity contribution in [1.82, 2.24) is 9.80 Å². The Balaban J connectivity index is 1.29. The van der Waals surface area contributed by atoms with E-state index in [1.807, 2.05) is 0 Å². The number of piperazine rings is 1. The van der Waals surface area contributed by atoms with Gasteiger partial charge in [-0.25, -0.2) is 0 Å². The predicted molar refractivity (Wildman–Crippen MR) is 126 cm³/mol. The summed E-state index contributed by atoms with van der Waals surface area (Å²) in [6.07, 6.45) is 2.59. The largest absolute Gasteiger partial charge is 0.378 e. The summed E-state index contributed by atoms with van der Waals surface area (Å²) in [6.45, 7) is 11.4. The number of aliphatic hydroxyl groups is 1. The van der Waals surface area contributed by atoms with Gasteiger partial charge in [-0.2, -0.15) is 0 Å². The molecule has 30 heavy (non-hydrogen) atoms. The van der Waals surface area contributed by atoms with Gasteiger partial charge in [0.1, 0.15) is 5.60 Å². The third-order valence-corrected chi connectivity index (χ3v) is 6.95. The van der Waals surface area contributed by atoms with Gasteiger partial charge in [0.25, 0.3) is 0 Å². The van der Waals surface area contributed by atoms with E-state index in [2.05, 4.69) is 69.0 Å². The van der Waals surface area contributed by atoms with Crippen molar-refractivity contribution in [3.05, 3.63) is 52.2 Å². The number of para-hydroxylation sites is 1. The normalized spacial score (nSPS) is 21.3. The van der Waals surface area contributed by atoms with Crippen LogP contribution in [-0.4, -0.2) is 65.8 Å². The highest BCUT2D eigenvalue weighted by Gasteiger charge is 2.28. The van der Waals surface area contributed by atoms with E-state index in [0.717, 1.165) is 44.1 Å². The zero-order valence-electron chi connectivity index (χ0n) is 18.2. The molecule has 2 fully saturated rings. The van der Waals surface area contributed by atoms with Crippen LogP contribution < -0.4 is 4.90 Å². The second-order valence-corrected chi connectivity index (χ2v) is 10.1. The van der Waals surface area contributed by atoms with E-state index in [1.54, 1.807) is 25.2 Å². The van der Waals surface area contributed by atoms with Gasteiger partial charge >= 0.3 is 0 Å². The molecule has 4 nitrogen and oxygen atoms in total. The molecular weight excluding hydrogens is 390 g/mol. The van der Waals surface area contributed by atoms with Gasteiger partial charge in [-0.05, 0) is 57.5 Å². The smallest absolute Gasteiger partial charge is 0.120 e. The van der Waals surface area contributed by atoms with Crippen molar-refractivity contribution in [1.29, 1.82) is 0 Å². The van der Waals surface area contributed by atoms with Crippen molar-refractivity contribution < 1.29 is 5.11 Å². The maximum Gasteiger partial charge on any atom is 0.120 e. The van der Waals surface area contributed by atoms with Crippen LogP contribution in [0.25, 0.3) is 0 Å². The Morgan fingerprint density at radius 2 is 1.80 bits per heavy atom. The van der Waals surface area contributed by atoms with E-state index in [-0.39, 0.29) is 0 Å². The number of hydrogen-bond acceptors (Lipinski definition) is 5. The molecule has 0 radical (unpaired) electrons. The first kappa shape index (κ1) is 21.4. The fraction of sp³-hybridized carbons (Fsp3) is 0.520. The lowest BCUT2D eigenvalue weighted by molar-refractivity contribution is 0.0893. The number of anilines is 1. The molecular formula is C25H33N3OS. The third kappa shape index (κ3) is 5.86. The van der Waals surface area contributed by atoms with Gasteiger partial charge in [-0.3, -0.25) is 9.80 Å². The zero-order chi connectivity index (χ0) is 21.0. The van der Waals surface area contributed by atoms with E-state index < -0.39 is 5.60 Å². The van der Waals surface area contributed by atoms with Crippen molar-refractivity contribution in [3.63, 3.8) is 0 Å². The zero-order valence-corrected chi connectivity index (χ0v) is 19.0. The SMILES string of the molecule is CC(C)(O)C#Cc1ccc(CN2CCCC(N3CCN(c4ccccc4)CC3)C2)s1. The van der Waals surface area contributed by atoms with Gasteiger partial charge in [-0.15, -0.1) is 11.3 Å². The molecule has 2 aromatic rings. The molecule has 1 atom stereocenters. The minimum Gasteiger partial charge on any atom is -0.378 e. The number of rotatable bonds is 4. The number of nitrogens with zero attached hydrogens (tertiary/aromatic N) is 3. The summed E-state index contributed by atoms with van der Waals surface area (Å²) in [5.74, 6) is 6.02. The Kier molecular flexibility index (Phi) is 6.80. The number of thiophene rings is 1. The molecule has 3 heterocycles. The van der Waals surface area contributed by atoms with Crippen molar-refractivity contribution in [2.75, 3.05) is 44.2 Å². The second-order valence-electron chi connectivity index (χ2n) is 8.96. The Labute approximate surface area is 185 Å². The Hall–Kier alpha value is -1.84. The van der Waals surface area contributed by atoms with Crippen molar-refractivity contribution in [2.24, 2.45) is 0 Å². The highest BCUT2D eigenvalue weighted by Crippen LogP contribution is 2.24. The number of piperidine rings is 1. The first-order chi connectivity index (χ1) is 14.5. The molecule has 4 rings (SSSR count). The summed E-state index contributed by atoms with van der Waals surface area (Å²) in [5.41, 5.74) is 0.415. The summed E-state index contributed by atoms with van der Waals surface area (Å²) in [7, 11) is 0. The van der Waals surface area contributed by atoms with Crippen LogP contribution in [0.5, 0.6) is 0 Å². The lowest BCUT2D eigenvalue weighted by atomic mass is 10.0. The average Bonchev–Trinajstić information content (AvgIpc) is 3.20. The van der Waals surface area contributed by atoms with Crippen LogP contribution in [0.4, 0.5) is 5.69 Å². The van der Waals surface area contributed by atoms with Crippen LogP contribution in [0.2, 0.25) is 0 Å². The van der Waals surface area contributed by atoms with Gasteiger partial charge in [0.15, 0.2) is 0 Å². The molecule has 0 amide bonds. The summed E-state index contributed by atoms with van der Waals surface area (Å²) in [5, 5.41) is 9.80. The minimum atomic E-state index is -0.936. The fourth-order valence-corrected chi connectivity index (χ4v) is 5.33. The lowest BCUT2D eigenvalue weighted by Gasteiger charge is -2.44. The highest BCUT2D eigenvalue weighted by atomic mass is 32.1. The van der Waals surface area contributed by atoms with E-state index in [4.69, 9.17) is 0 Å². The molecule has 2 aliphatic heterocycles. The van der Waals surface area contributed by atoms with Gasteiger partial charge in [0.2, 0.25) is 0 Å². The molecule has 0 saturated carbocycles. The molecule has 1 unspecified atom stereocenters. The third-order valence-electron chi connectivity index (χ3n) is 5.97. The van der Waals surface area contributed by atoms with Crippen molar-refractivity contribution >= 4 is 17.0 Å². The molecule has 1 aromatic heterocycles. The van der Waals surface area contributed by atoms with Crippen LogP contribution >= 0.6 is 11.3 Å². The lowest BCUT2D eigenvalue weighted by Crippen LogP contribution is -2.55. The van der Waals surface area contributed by atoms with Crippen LogP contribution in [0.3, 0.4) is 0 Å². The average molecular weight is 424 g/mol. The molecule has 5 heteroatoms. The molecule has 2 aliphatic rings. The van der Waals surface area contributed by atoms with Gasteiger partial charge in [-0.1, -0.05) is 30.0 Å². The molecule has 0 spiro atoms. The standard InChI is InChI=1S/C25H33N3OS/c1-25(2,29)13-12-23-10-11-24(30-23)20-26-14-6-9-22(19-26)28-17-15-27(16-18-28)21-7-4-3-5-8-21/h3-5,7-8,10-11,22,29H,6,9,14-20H2,1-2H3. The minimum absolute atomic E-state index is 0.672. The molecule has 1 aromatic carbocycles. The van der Waals surface area contributed by atoms with Crippen molar-refractivity contribution in [3.8, 4) is 11.8 Å². The van der Waals surface area contributed by atoms with Crippen molar-refractivity contribution in [2.45, 2.75) is 44.9 Å². The Bertz CT molecular complexity index is 869. The van der Waals surface area contributed by atoms with Gasteiger partial charge in [0, 0.05) is 55.9 Å². The monoisotopic (exact) mass is 423 g/mol. The van der Waals surface area contributed by atoms with Crippen LogP contribution in [-0.2, 0) is 6.54 Å². The number of benzene rings is 1. The van der Waals surface area contributed by atoms with Crippen LogP contribution in [0.1, 0.15) is 36.4 Å². The quantitative estimate of drug-likeness (QED) is 0.761. The molecule has 1 N–H and O–H groups in total. The number of hydrogen-bond donors (Lipinski definition) is 1. The maximum absolute atomic E-state index is 9.80. The highest BCUT2D eigenvalue weighted by molar-refractivity contribution is 7.12. The van der Waals surface area contributed by atoms with Gasteiger partial charge < -0.3 is 10.0 Å². The predicted octanol–water partition coefficient (Wildman–Crippen LogP) is 3.66. The molecule has 2 saturated heterocycles. The maximum atomic E-state index is 9.80. The Morgan fingerprint density at radius 1 is 1.03 bits per heavy atom. The van der Waals surface area contributed by atoms with E-state index >= 15 is 0 Å². The summed E-state index contributed by atoms with van der Waals surface area (Å²) < 4.78 is 0. The second kappa shape index (κ2) is 9.53. The summed E-state index contributed by atoms with van der Waals surface area (Å²) in [6, 6.07) is 15.8. The van der Waals surface area contributed by atoms with Gasteiger partial charge in [0.05, 0.1) is 4.88 Å².